The molecule has 0 spiro atoms. The van der Waals surface area contributed by atoms with Gasteiger partial charge in [0, 0.05) is 0 Å². The maximum atomic E-state index is 5.78. The fourth-order valence-corrected chi connectivity index (χ4v) is 1.85. The van der Waals surface area contributed by atoms with Crippen LogP contribution in [-0.2, 0) is 0 Å². The number of hydrogen-bond acceptors (Lipinski definition) is 1. The minimum absolute atomic E-state index is 0.591. The second kappa shape index (κ2) is 3.93. The highest BCUT2D eigenvalue weighted by atomic mass is 14.6. The molecule has 1 aliphatic carbocycles. The molecule has 1 aromatic rings. The van der Waals surface area contributed by atoms with Crippen LogP contribution in [-0.4, -0.2) is 6.54 Å². The molecule has 1 saturated carbocycles. The molecule has 2 rings (SSSR count). The molecule has 0 heterocycles. The summed E-state index contributed by atoms with van der Waals surface area (Å²) < 4.78 is 0. The lowest BCUT2D eigenvalue weighted by Crippen LogP contribution is -2.12. The lowest BCUT2D eigenvalue weighted by atomic mass is 9.94. The average molecular weight is 175 g/mol. The Kier molecular flexibility index (Phi) is 2.65. The second-order valence-corrected chi connectivity index (χ2v) is 4.02. The molecule has 1 fully saturated rings. The van der Waals surface area contributed by atoms with Crippen LogP contribution in [0, 0.1) is 5.92 Å². The summed E-state index contributed by atoms with van der Waals surface area (Å²) >= 11 is 0. The van der Waals surface area contributed by atoms with Crippen molar-refractivity contribution in [1.29, 1.82) is 0 Å². The van der Waals surface area contributed by atoms with Crippen LogP contribution in [0.15, 0.2) is 30.3 Å². The highest BCUT2D eigenvalue weighted by Gasteiger charge is 2.25. The van der Waals surface area contributed by atoms with E-state index in [9.17, 15) is 0 Å². The predicted octanol–water partition coefficient (Wildman–Crippen LogP) is 2.53. The maximum absolute atomic E-state index is 5.78. The van der Waals surface area contributed by atoms with Crippen LogP contribution >= 0.6 is 0 Å². The van der Waals surface area contributed by atoms with E-state index in [1.54, 1.807) is 0 Å². The van der Waals surface area contributed by atoms with Gasteiger partial charge in [0.2, 0.25) is 0 Å². The second-order valence-electron chi connectivity index (χ2n) is 4.02. The standard InChI is InChI=1S/C12H17N/c13-9-12(8-10-6-7-10)11-4-2-1-3-5-11/h1-5,10,12H,6-9,13H2/t12-/m1/s1. The quantitative estimate of drug-likeness (QED) is 0.747. The van der Waals surface area contributed by atoms with E-state index in [2.05, 4.69) is 30.3 Å². The molecule has 0 unspecified atom stereocenters. The first-order valence-corrected chi connectivity index (χ1v) is 5.15. The van der Waals surface area contributed by atoms with Crippen molar-refractivity contribution >= 4 is 0 Å². The van der Waals surface area contributed by atoms with E-state index < -0.39 is 0 Å². The van der Waals surface area contributed by atoms with Gasteiger partial charge in [-0.3, -0.25) is 0 Å². The van der Waals surface area contributed by atoms with Crippen LogP contribution in [0.2, 0.25) is 0 Å². The van der Waals surface area contributed by atoms with Crippen molar-refractivity contribution in [2.24, 2.45) is 11.7 Å². The van der Waals surface area contributed by atoms with Gasteiger partial charge in [-0.2, -0.15) is 0 Å². The van der Waals surface area contributed by atoms with E-state index in [1.807, 2.05) is 0 Å². The van der Waals surface area contributed by atoms with Gasteiger partial charge in [-0.25, -0.2) is 0 Å². The molecule has 1 nitrogen and oxygen atoms in total. The summed E-state index contributed by atoms with van der Waals surface area (Å²) in [6.45, 7) is 0.792. The van der Waals surface area contributed by atoms with Gasteiger partial charge in [0.05, 0.1) is 0 Å². The van der Waals surface area contributed by atoms with Crippen LogP contribution in [0.1, 0.15) is 30.7 Å². The van der Waals surface area contributed by atoms with Crippen LogP contribution in [0.5, 0.6) is 0 Å². The Bertz CT molecular complexity index is 251. The summed E-state index contributed by atoms with van der Waals surface area (Å²) in [5.41, 5.74) is 7.19. The first-order valence-electron chi connectivity index (χ1n) is 5.15. The van der Waals surface area contributed by atoms with Gasteiger partial charge in [0.15, 0.2) is 0 Å². The number of rotatable bonds is 4. The third kappa shape index (κ3) is 2.31. The minimum atomic E-state index is 0.591. The van der Waals surface area contributed by atoms with E-state index in [0.29, 0.717) is 5.92 Å². The normalized spacial score (nSPS) is 18.5. The zero-order valence-corrected chi connectivity index (χ0v) is 7.95. The van der Waals surface area contributed by atoms with Gasteiger partial charge in [0.1, 0.15) is 0 Å². The summed E-state index contributed by atoms with van der Waals surface area (Å²) in [4.78, 5) is 0. The van der Waals surface area contributed by atoms with Crippen molar-refractivity contribution in [3.8, 4) is 0 Å². The summed E-state index contributed by atoms with van der Waals surface area (Å²) in [7, 11) is 0. The monoisotopic (exact) mass is 175 g/mol. The van der Waals surface area contributed by atoms with E-state index in [-0.39, 0.29) is 0 Å². The zero-order valence-electron chi connectivity index (χ0n) is 7.95. The van der Waals surface area contributed by atoms with Gasteiger partial charge < -0.3 is 5.73 Å². The van der Waals surface area contributed by atoms with Crippen LogP contribution in [0.4, 0.5) is 0 Å². The molecule has 1 atom stereocenters. The molecule has 0 aromatic heterocycles. The molecular formula is C12H17N. The Morgan fingerprint density at radius 3 is 2.46 bits per heavy atom. The first-order chi connectivity index (χ1) is 6.40. The zero-order chi connectivity index (χ0) is 9.10. The topological polar surface area (TPSA) is 26.0 Å². The fourth-order valence-electron chi connectivity index (χ4n) is 1.85. The van der Waals surface area contributed by atoms with Crippen molar-refractivity contribution in [1.82, 2.24) is 0 Å². The SMILES string of the molecule is NC[C@@H](CC1CC1)c1ccccc1. The molecule has 0 amide bonds. The molecular weight excluding hydrogens is 158 g/mol. The largest absolute Gasteiger partial charge is 0.330 e. The highest BCUT2D eigenvalue weighted by molar-refractivity contribution is 5.20. The smallest absolute Gasteiger partial charge is 0.000813 e. The summed E-state index contributed by atoms with van der Waals surface area (Å²) in [5.74, 6) is 1.56. The van der Waals surface area contributed by atoms with Crippen LogP contribution in [0.25, 0.3) is 0 Å². The van der Waals surface area contributed by atoms with Gasteiger partial charge in [-0.15, -0.1) is 0 Å². The Morgan fingerprint density at radius 2 is 1.92 bits per heavy atom. The van der Waals surface area contributed by atoms with Crippen molar-refractivity contribution in [2.45, 2.75) is 25.2 Å². The summed E-state index contributed by atoms with van der Waals surface area (Å²) in [5, 5.41) is 0. The Hall–Kier alpha value is -0.820. The van der Waals surface area contributed by atoms with E-state index in [4.69, 9.17) is 5.73 Å². The molecule has 0 bridgehead atoms. The van der Waals surface area contributed by atoms with Gasteiger partial charge >= 0.3 is 0 Å². The van der Waals surface area contributed by atoms with Gasteiger partial charge in [-0.05, 0) is 30.4 Å². The van der Waals surface area contributed by atoms with Crippen molar-refractivity contribution in [3.05, 3.63) is 35.9 Å². The molecule has 70 valence electrons. The Balaban J connectivity index is 2.02. The van der Waals surface area contributed by atoms with Gasteiger partial charge in [0.25, 0.3) is 0 Å². The van der Waals surface area contributed by atoms with E-state index in [0.717, 1.165) is 12.5 Å². The fraction of sp³-hybridized carbons (Fsp3) is 0.500. The van der Waals surface area contributed by atoms with Crippen LogP contribution < -0.4 is 5.73 Å². The molecule has 1 aromatic carbocycles. The number of hydrogen-bond donors (Lipinski definition) is 1. The molecule has 0 radical (unpaired) electrons. The maximum Gasteiger partial charge on any atom is -0.000813 e. The molecule has 0 aliphatic heterocycles. The average Bonchev–Trinajstić information content (AvgIpc) is 2.99. The number of nitrogens with two attached hydrogens (primary N) is 1. The van der Waals surface area contributed by atoms with E-state index >= 15 is 0 Å². The lowest BCUT2D eigenvalue weighted by Gasteiger charge is -2.14. The summed E-state index contributed by atoms with van der Waals surface area (Å²) in [6, 6.07) is 10.7. The summed E-state index contributed by atoms with van der Waals surface area (Å²) in [6.07, 6.45) is 4.13. The molecule has 2 N–H and O–H groups in total. The Morgan fingerprint density at radius 1 is 1.23 bits per heavy atom. The number of benzene rings is 1. The third-order valence-corrected chi connectivity index (χ3v) is 2.87. The minimum Gasteiger partial charge on any atom is -0.330 e. The van der Waals surface area contributed by atoms with Crippen LogP contribution in [0.3, 0.4) is 0 Å². The van der Waals surface area contributed by atoms with Gasteiger partial charge in [-0.1, -0.05) is 43.2 Å². The predicted molar refractivity (Wildman–Crippen MR) is 55.6 cm³/mol. The molecule has 1 heteroatoms. The lowest BCUT2D eigenvalue weighted by molar-refractivity contribution is 0.585. The van der Waals surface area contributed by atoms with Crippen molar-refractivity contribution in [3.63, 3.8) is 0 Å². The van der Waals surface area contributed by atoms with E-state index in [1.165, 1.54) is 24.8 Å². The van der Waals surface area contributed by atoms with Crippen molar-refractivity contribution < 1.29 is 0 Å². The Labute approximate surface area is 80.0 Å². The molecule has 13 heavy (non-hydrogen) atoms. The van der Waals surface area contributed by atoms with Crippen molar-refractivity contribution in [2.75, 3.05) is 6.54 Å². The molecule has 1 aliphatic rings. The first kappa shape index (κ1) is 8.76. The third-order valence-electron chi connectivity index (χ3n) is 2.87. The molecule has 0 saturated heterocycles. The highest BCUT2D eigenvalue weighted by Crippen LogP contribution is 2.38.